The molecule has 0 bridgehead atoms. The minimum absolute atomic E-state index is 0.0863. The molecule has 1 rings (SSSR count). The van der Waals surface area contributed by atoms with Gasteiger partial charge in [0, 0.05) is 6.42 Å². The average molecular weight is 276 g/mol. The van der Waals surface area contributed by atoms with E-state index in [4.69, 9.17) is 4.74 Å². The number of hydrogen-bond donors (Lipinski definition) is 0. The van der Waals surface area contributed by atoms with Gasteiger partial charge in [0.15, 0.2) is 0 Å². The van der Waals surface area contributed by atoms with E-state index in [0.29, 0.717) is 24.4 Å². The van der Waals surface area contributed by atoms with Crippen molar-refractivity contribution in [3.05, 3.63) is 35.9 Å². The lowest BCUT2D eigenvalue weighted by atomic mass is 9.84. The van der Waals surface area contributed by atoms with Crippen LogP contribution in [0.3, 0.4) is 0 Å². The topological polar surface area (TPSA) is 26.3 Å². The number of ether oxygens (including phenoxy) is 1. The average Bonchev–Trinajstić information content (AvgIpc) is 2.35. The van der Waals surface area contributed by atoms with Gasteiger partial charge in [-0.25, -0.2) is 0 Å². The highest BCUT2D eigenvalue weighted by Crippen LogP contribution is 2.25. The second kappa shape index (κ2) is 8.08. The van der Waals surface area contributed by atoms with Crippen LogP contribution in [0.15, 0.2) is 30.3 Å². The molecular formula is C18H28O2. The molecule has 0 aliphatic rings. The van der Waals surface area contributed by atoms with Gasteiger partial charge in [-0.05, 0) is 36.2 Å². The second-order valence-corrected chi connectivity index (χ2v) is 6.86. The van der Waals surface area contributed by atoms with Crippen LogP contribution in [0.4, 0.5) is 0 Å². The molecule has 0 aliphatic heterocycles. The van der Waals surface area contributed by atoms with Crippen molar-refractivity contribution in [1.29, 1.82) is 0 Å². The van der Waals surface area contributed by atoms with Gasteiger partial charge in [-0.1, -0.05) is 58.0 Å². The fraction of sp³-hybridized carbons (Fsp3) is 0.611. The lowest BCUT2D eigenvalue weighted by Gasteiger charge is -2.23. The summed E-state index contributed by atoms with van der Waals surface area (Å²) in [5.41, 5.74) is 1.53. The van der Waals surface area contributed by atoms with Gasteiger partial charge in [0.2, 0.25) is 0 Å². The predicted octanol–water partition coefficient (Wildman–Crippen LogP) is 4.62. The van der Waals surface area contributed by atoms with Gasteiger partial charge in [-0.3, -0.25) is 4.79 Å². The third-order valence-electron chi connectivity index (χ3n) is 3.30. The molecule has 1 aromatic carbocycles. The maximum atomic E-state index is 11.7. The van der Waals surface area contributed by atoms with E-state index in [1.165, 1.54) is 5.56 Å². The Hall–Kier alpha value is -1.31. The summed E-state index contributed by atoms with van der Waals surface area (Å²) < 4.78 is 5.31. The van der Waals surface area contributed by atoms with Gasteiger partial charge in [-0.15, -0.1) is 0 Å². The lowest BCUT2D eigenvalue weighted by Crippen LogP contribution is -2.14. The van der Waals surface area contributed by atoms with Crippen LogP contribution in [-0.2, 0) is 16.0 Å². The van der Waals surface area contributed by atoms with E-state index in [2.05, 4.69) is 27.7 Å². The number of esters is 1. The summed E-state index contributed by atoms with van der Waals surface area (Å²) in [7, 11) is 0. The quantitative estimate of drug-likeness (QED) is 0.679. The highest BCUT2D eigenvalue weighted by molar-refractivity contribution is 5.69. The van der Waals surface area contributed by atoms with Crippen molar-refractivity contribution in [3.63, 3.8) is 0 Å². The van der Waals surface area contributed by atoms with Crippen LogP contribution in [0.25, 0.3) is 0 Å². The normalized spacial score (nSPS) is 13.0. The molecule has 0 heterocycles. The minimum Gasteiger partial charge on any atom is -0.466 e. The van der Waals surface area contributed by atoms with Crippen LogP contribution in [0.2, 0.25) is 0 Å². The first-order chi connectivity index (χ1) is 9.37. The van der Waals surface area contributed by atoms with Crippen molar-refractivity contribution in [1.82, 2.24) is 0 Å². The molecule has 20 heavy (non-hydrogen) atoms. The minimum atomic E-state index is -0.0863. The van der Waals surface area contributed by atoms with E-state index >= 15 is 0 Å². The Bertz CT molecular complexity index is 390. The fourth-order valence-electron chi connectivity index (χ4n) is 2.48. The Kier molecular flexibility index (Phi) is 6.77. The molecular weight excluding hydrogens is 248 g/mol. The Morgan fingerprint density at radius 1 is 1.20 bits per heavy atom. The number of aryl methyl sites for hydroxylation is 1. The number of carbonyl (C=O) groups excluding carboxylic acids is 1. The highest BCUT2D eigenvalue weighted by atomic mass is 16.5. The first-order valence-corrected chi connectivity index (χ1v) is 7.56. The van der Waals surface area contributed by atoms with E-state index in [9.17, 15) is 4.79 Å². The largest absolute Gasteiger partial charge is 0.466 e. The predicted molar refractivity (Wildman–Crippen MR) is 83.6 cm³/mol. The van der Waals surface area contributed by atoms with Gasteiger partial charge in [0.1, 0.15) is 0 Å². The summed E-state index contributed by atoms with van der Waals surface area (Å²) in [5, 5.41) is 0. The molecule has 0 fully saturated rings. The number of benzene rings is 1. The van der Waals surface area contributed by atoms with Gasteiger partial charge in [-0.2, -0.15) is 0 Å². The molecule has 0 saturated carbocycles. The maximum absolute atomic E-state index is 11.7. The third kappa shape index (κ3) is 7.98. The molecule has 0 aliphatic carbocycles. The van der Waals surface area contributed by atoms with Gasteiger partial charge in [0.05, 0.1) is 6.61 Å². The van der Waals surface area contributed by atoms with E-state index in [1.54, 1.807) is 0 Å². The Balaban J connectivity index is 2.14. The van der Waals surface area contributed by atoms with Crippen molar-refractivity contribution in [2.45, 2.75) is 53.4 Å². The van der Waals surface area contributed by atoms with E-state index in [0.717, 1.165) is 19.3 Å². The first-order valence-electron chi connectivity index (χ1n) is 7.56. The molecule has 1 atom stereocenters. The zero-order valence-corrected chi connectivity index (χ0v) is 13.3. The number of carbonyl (C=O) groups is 1. The summed E-state index contributed by atoms with van der Waals surface area (Å²) in [6.07, 6.45) is 3.35. The standard InChI is InChI=1S/C18H28O2/c1-15(14-18(2,3)4)12-13-20-17(19)11-10-16-8-6-5-7-9-16/h5-9,15H,10-14H2,1-4H3. The number of hydrogen-bond acceptors (Lipinski definition) is 2. The van der Waals surface area contributed by atoms with Crippen molar-refractivity contribution < 1.29 is 9.53 Å². The van der Waals surface area contributed by atoms with Crippen LogP contribution in [0.1, 0.15) is 52.5 Å². The van der Waals surface area contributed by atoms with Crippen molar-refractivity contribution in [2.75, 3.05) is 6.61 Å². The molecule has 0 N–H and O–H groups in total. The van der Waals surface area contributed by atoms with E-state index in [-0.39, 0.29) is 5.97 Å². The van der Waals surface area contributed by atoms with Crippen LogP contribution in [0.5, 0.6) is 0 Å². The fourth-order valence-corrected chi connectivity index (χ4v) is 2.48. The number of rotatable bonds is 7. The second-order valence-electron chi connectivity index (χ2n) is 6.86. The van der Waals surface area contributed by atoms with Gasteiger partial charge in [0.25, 0.3) is 0 Å². The van der Waals surface area contributed by atoms with Gasteiger partial charge >= 0.3 is 5.97 Å². The smallest absolute Gasteiger partial charge is 0.306 e. The molecule has 0 amide bonds. The van der Waals surface area contributed by atoms with Crippen LogP contribution in [-0.4, -0.2) is 12.6 Å². The first kappa shape index (κ1) is 16.7. The Morgan fingerprint density at radius 2 is 1.85 bits per heavy atom. The zero-order valence-electron chi connectivity index (χ0n) is 13.3. The zero-order chi connectivity index (χ0) is 15.0. The summed E-state index contributed by atoms with van der Waals surface area (Å²) in [6.45, 7) is 9.51. The SMILES string of the molecule is CC(CCOC(=O)CCc1ccccc1)CC(C)(C)C. The Morgan fingerprint density at radius 3 is 2.45 bits per heavy atom. The maximum Gasteiger partial charge on any atom is 0.306 e. The molecule has 0 spiro atoms. The molecule has 2 nitrogen and oxygen atoms in total. The molecule has 0 saturated heterocycles. The van der Waals surface area contributed by atoms with Crippen LogP contribution >= 0.6 is 0 Å². The lowest BCUT2D eigenvalue weighted by molar-refractivity contribution is -0.144. The molecule has 2 heteroatoms. The molecule has 1 aromatic rings. The van der Waals surface area contributed by atoms with Gasteiger partial charge < -0.3 is 4.74 Å². The molecule has 1 unspecified atom stereocenters. The molecule has 0 radical (unpaired) electrons. The summed E-state index contributed by atoms with van der Waals surface area (Å²) in [5.74, 6) is 0.508. The van der Waals surface area contributed by atoms with E-state index in [1.807, 2.05) is 30.3 Å². The summed E-state index contributed by atoms with van der Waals surface area (Å²) >= 11 is 0. The van der Waals surface area contributed by atoms with Crippen LogP contribution in [0, 0.1) is 11.3 Å². The Labute approximate surface area is 123 Å². The highest BCUT2D eigenvalue weighted by Gasteiger charge is 2.15. The molecule has 0 aromatic heterocycles. The van der Waals surface area contributed by atoms with Crippen molar-refractivity contribution in [2.24, 2.45) is 11.3 Å². The van der Waals surface area contributed by atoms with Crippen LogP contribution < -0.4 is 0 Å². The summed E-state index contributed by atoms with van der Waals surface area (Å²) in [6, 6.07) is 10.1. The monoisotopic (exact) mass is 276 g/mol. The molecule has 112 valence electrons. The van der Waals surface area contributed by atoms with E-state index < -0.39 is 0 Å². The third-order valence-corrected chi connectivity index (χ3v) is 3.30. The van der Waals surface area contributed by atoms with Crippen molar-refractivity contribution >= 4 is 5.97 Å². The summed E-state index contributed by atoms with van der Waals surface area (Å²) in [4.78, 5) is 11.7. The van der Waals surface area contributed by atoms with Crippen molar-refractivity contribution in [3.8, 4) is 0 Å².